The molecule has 2 N–H and O–H groups in total. The first-order valence-electron chi connectivity index (χ1n) is 11.2. The molecule has 1 atom stereocenters. The Morgan fingerprint density at radius 1 is 1.20 bits per heavy atom. The predicted molar refractivity (Wildman–Crippen MR) is 137 cm³/mol. The maximum atomic E-state index is 12.8. The molecule has 0 spiro atoms. The van der Waals surface area contributed by atoms with Crippen LogP contribution in [0.3, 0.4) is 0 Å². The maximum absolute atomic E-state index is 12.8. The Bertz CT molecular complexity index is 1180. The van der Waals surface area contributed by atoms with Gasteiger partial charge in [-0.05, 0) is 43.7 Å². The Morgan fingerprint density at radius 2 is 2.06 bits per heavy atom. The number of carbonyl (C=O) groups excluding carboxylic acids is 2. The first kappa shape index (κ1) is 24.9. The van der Waals surface area contributed by atoms with Gasteiger partial charge in [0.15, 0.2) is 5.16 Å². The van der Waals surface area contributed by atoms with Crippen molar-refractivity contribution in [2.75, 3.05) is 35.6 Å². The average molecular weight is 515 g/mol. The lowest BCUT2D eigenvalue weighted by molar-refractivity contribution is -0.118. The SMILES string of the molecule is Cc1cccc(NC(=O)N2CCN(c3cc(Cl)nc(SCC(=O)NCc4ccco4)n3)CC2C)c1. The number of benzene rings is 1. The fraction of sp³-hybridized carbons (Fsp3) is 0.333. The van der Waals surface area contributed by atoms with Gasteiger partial charge in [0.05, 0.1) is 18.6 Å². The minimum absolute atomic E-state index is 0.0363. The molecule has 1 aromatic carbocycles. The highest BCUT2D eigenvalue weighted by atomic mass is 35.5. The highest BCUT2D eigenvalue weighted by molar-refractivity contribution is 7.99. The molecule has 4 rings (SSSR count). The molecule has 0 bridgehead atoms. The topological polar surface area (TPSA) is 104 Å². The number of halogens is 1. The minimum Gasteiger partial charge on any atom is -0.467 e. The van der Waals surface area contributed by atoms with Crippen LogP contribution in [0.15, 0.2) is 58.3 Å². The van der Waals surface area contributed by atoms with E-state index in [0.717, 1.165) is 11.3 Å². The van der Waals surface area contributed by atoms with E-state index < -0.39 is 0 Å². The average Bonchev–Trinajstić information content (AvgIpc) is 3.35. The number of hydrogen-bond donors (Lipinski definition) is 2. The normalized spacial score (nSPS) is 15.7. The first-order valence-corrected chi connectivity index (χ1v) is 12.6. The summed E-state index contributed by atoms with van der Waals surface area (Å²) in [5.74, 6) is 1.36. The third-order valence-corrected chi connectivity index (χ3v) is 6.56. The van der Waals surface area contributed by atoms with Gasteiger partial charge < -0.3 is 24.9 Å². The van der Waals surface area contributed by atoms with Crippen molar-refractivity contribution in [1.82, 2.24) is 20.2 Å². The third-order valence-electron chi connectivity index (χ3n) is 5.51. The molecule has 3 amide bonds. The van der Waals surface area contributed by atoms with Crippen molar-refractivity contribution >= 4 is 46.8 Å². The van der Waals surface area contributed by atoms with Crippen LogP contribution in [0.4, 0.5) is 16.3 Å². The van der Waals surface area contributed by atoms with Gasteiger partial charge >= 0.3 is 6.03 Å². The largest absolute Gasteiger partial charge is 0.467 e. The molecule has 1 aliphatic heterocycles. The van der Waals surface area contributed by atoms with Gasteiger partial charge in [0.25, 0.3) is 0 Å². The number of aromatic nitrogens is 2. The van der Waals surface area contributed by atoms with E-state index in [0.29, 0.717) is 48.1 Å². The molecule has 9 nitrogen and oxygen atoms in total. The zero-order valence-corrected chi connectivity index (χ0v) is 21.1. The van der Waals surface area contributed by atoms with E-state index in [1.165, 1.54) is 11.8 Å². The van der Waals surface area contributed by atoms with E-state index in [1.807, 2.05) is 43.0 Å². The molecular weight excluding hydrogens is 488 g/mol. The molecule has 0 saturated carbocycles. The number of carbonyl (C=O) groups is 2. The number of rotatable bonds is 7. The van der Waals surface area contributed by atoms with Crippen LogP contribution in [-0.4, -0.2) is 58.2 Å². The highest BCUT2D eigenvalue weighted by Crippen LogP contribution is 2.24. The van der Waals surface area contributed by atoms with E-state index >= 15 is 0 Å². The molecule has 0 radical (unpaired) electrons. The van der Waals surface area contributed by atoms with Gasteiger partial charge in [0.2, 0.25) is 5.91 Å². The van der Waals surface area contributed by atoms with Gasteiger partial charge in [-0.2, -0.15) is 0 Å². The lowest BCUT2D eigenvalue weighted by Gasteiger charge is -2.40. The maximum Gasteiger partial charge on any atom is 0.322 e. The monoisotopic (exact) mass is 514 g/mol. The zero-order valence-electron chi connectivity index (χ0n) is 19.5. The number of piperazine rings is 1. The van der Waals surface area contributed by atoms with E-state index in [2.05, 4.69) is 25.5 Å². The van der Waals surface area contributed by atoms with E-state index in [9.17, 15) is 9.59 Å². The smallest absolute Gasteiger partial charge is 0.322 e. The number of aryl methyl sites for hydroxylation is 1. The first-order chi connectivity index (χ1) is 16.9. The molecular formula is C24H27ClN6O3S. The second-order valence-corrected chi connectivity index (χ2v) is 9.59. The summed E-state index contributed by atoms with van der Waals surface area (Å²) >= 11 is 7.47. The van der Waals surface area contributed by atoms with Gasteiger partial charge in [-0.15, -0.1) is 0 Å². The summed E-state index contributed by atoms with van der Waals surface area (Å²) in [6.07, 6.45) is 1.56. The number of furan rings is 1. The molecule has 184 valence electrons. The van der Waals surface area contributed by atoms with Crippen molar-refractivity contribution in [1.29, 1.82) is 0 Å². The molecule has 1 aliphatic rings. The minimum atomic E-state index is -0.154. The molecule has 1 fully saturated rings. The predicted octanol–water partition coefficient (Wildman–Crippen LogP) is 4.18. The van der Waals surface area contributed by atoms with Crippen LogP contribution in [0, 0.1) is 6.92 Å². The summed E-state index contributed by atoms with van der Waals surface area (Å²) in [4.78, 5) is 37.7. The van der Waals surface area contributed by atoms with Crippen LogP contribution in [0.1, 0.15) is 18.2 Å². The lowest BCUT2D eigenvalue weighted by Crippen LogP contribution is -2.55. The van der Waals surface area contributed by atoms with Gasteiger partial charge in [-0.25, -0.2) is 14.8 Å². The standard InChI is InChI=1S/C24H27ClN6O3S/c1-16-5-3-6-18(11-16)27-24(33)31-9-8-30(14-17(31)2)21-12-20(25)28-23(29-21)35-15-22(32)26-13-19-7-4-10-34-19/h3-7,10-12,17H,8-9,13-15H2,1-2H3,(H,26,32)(H,27,33). The second-order valence-electron chi connectivity index (χ2n) is 8.26. The zero-order chi connectivity index (χ0) is 24.8. The number of nitrogens with one attached hydrogen (secondary N) is 2. The van der Waals surface area contributed by atoms with Crippen LogP contribution >= 0.6 is 23.4 Å². The molecule has 35 heavy (non-hydrogen) atoms. The Balaban J connectivity index is 1.32. The summed E-state index contributed by atoms with van der Waals surface area (Å²) in [6.45, 7) is 6.06. The molecule has 1 saturated heterocycles. The van der Waals surface area contributed by atoms with E-state index in [1.54, 1.807) is 24.5 Å². The molecule has 0 aliphatic carbocycles. The Kier molecular flexibility index (Phi) is 8.14. The fourth-order valence-electron chi connectivity index (χ4n) is 3.78. The van der Waals surface area contributed by atoms with Crippen LogP contribution in [-0.2, 0) is 11.3 Å². The second kappa shape index (κ2) is 11.5. The molecule has 1 unspecified atom stereocenters. The van der Waals surface area contributed by atoms with Crippen molar-refractivity contribution < 1.29 is 14.0 Å². The summed E-state index contributed by atoms with van der Waals surface area (Å²) in [5.41, 5.74) is 1.87. The van der Waals surface area contributed by atoms with Crippen molar-refractivity contribution in [3.63, 3.8) is 0 Å². The van der Waals surface area contributed by atoms with Crippen molar-refractivity contribution in [2.45, 2.75) is 31.6 Å². The number of nitrogens with zero attached hydrogens (tertiary/aromatic N) is 4. The number of anilines is 2. The van der Waals surface area contributed by atoms with Crippen LogP contribution < -0.4 is 15.5 Å². The van der Waals surface area contributed by atoms with Crippen LogP contribution in [0.2, 0.25) is 5.15 Å². The number of hydrogen-bond acceptors (Lipinski definition) is 7. The van der Waals surface area contributed by atoms with Gasteiger partial charge in [0, 0.05) is 37.4 Å². The summed E-state index contributed by atoms with van der Waals surface area (Å²) < 4.78 is 5.21. The number of urea groups is 1. The molecule has 11 heteroatoms. The van der Waals surface area contributed by atoms with Crippen LogP contribution in [0.25, 0.3) is 0 Å². The van der Waals surface area contributed by atoms with E-state index in [-0.39, 0.29) is 23.7 Å². The summed E-state index contributed by atoms with van der Waals surface area (Å²) in [6, 6.07) is 12.8. The fourth-order valence-corrected chi connectivity index (χ4v) is 4.69. The third kappa shape index (κ3) is 6.89. The number of thioether (sulfide) groups is 1. The lowest BCUT2D eigenvalue weighted by atomic mass is 10.2. The van der Waals surface area contributed by atoms with Gasteiger partial charge in [-0.1, -0.05) is 35.5 Å². The molecule has 3 heterocycles. The van der Waals surface area contributed by atoms with Crippen LogP contribution in [0.5, 0.6) is 0 Å². The Morgan fingerprint density at radius 3 is 2.80 bits per heavy atom. The highest BCUT2D eigenvalue weighted by Gasteiger charge is 2.28. The van der Waals surface area contributed by atoms with Crippen molar-refractivity contribution in [3.8, 4) is 0 Å². The molecule has 3 aromatic rings. The van der Waals surface area contributed by atoms with Crippen molar-refractivity contribution in [3.05, 3.63) is 65.2 Å². The van der Waals surface area contributed by atoms with Gasteiger partial charge in [0.1, 0.15) is 16.7 Å². The number of amides is 3. The quantitative estimate of drug-likeness (QED) is 0.277. The van der Waals surface area contributed by atoms with Gasteiger partial charge in [-0.3, -0.25) is 4.79 Å². The summed E-state index contributed by atoms with van der Waals surface area (Å²) in [7, 11) is 0. The van der Waals surface area contributed by atoms with Crippen molar-refractivity contribution in [2.24, 2.45) is 0 Å². The molecule has 2 aromatic heterocycles. The Labute approximate surface area is 213 Å². The summed E-state index contributed by atoms with van der Waals surface area (Å²) in [5, 5.41) is 6.50. The Hall–Kier alpha value is -3.24. The van der Waals surface area contributed by atoms with E-state index in [4.69, 9.17) is 16.0 Å².